The van der Waals surface area contributed by atoms with E-state index in [-0.39, 0.29) is 51.0 Å². The van der Waals surface area contributed by atoms with Crippen LogP contribution in [0.4, 0.5) is 0 Å². The van der Waals surface area contributed by atoms with E-state index in [0.29, 0.717) is 0 Å². The highest BCUT2D eigenvalue weighted by Crippen LogP contribution is 2.60. The van der Waals surface area contributed by atoms with Crippen molar-refractivity contribution >= 4 is 49.6 Å². The summed E-state index contributed by atoms with van der Waals surface area (Å²) in [6, 6.07) is -0.671. The van der Waals surface area contributed by atoms with Crippen LogP contribution < -0.4 is 0 Å². The number of amides is 3. The van der Waals surface area contributed by atoms with Gasteiger partial charge < -0.3 is 4.90 Å². The average molecular weight is 462 g/mol. The summed E-state index contributed by atoms with van der Waals surface area (Å²) in [5, 5.41) is 0. The number of imide groups is 1. The predicted molar refractivity (Wildman–Crippen MR) is 95.8 cm³/mol. The summed E-state index contributed by atoms with van der Waals surface area (Å²) in [4.78, 5) is 42.3. The van der Waals surface area contributed by atoms with Crippen molar-refractivity contribution in [1.29, 1.82) is 0 Å². The highest BCUT2D eigenvalue weighted by atomic mass is 79.9. The lowest BCUT2D eigenvalue weighted by Gasteiger charge is -2.32. The minimum atomic E-state index is -0.671. The van der Waals surface area contributed by atoms with Crippen molar-refractivity contribution in [2.45, 2.75) is 48.3 Å². The van der Waals surface area contributed by atoms with E-state index >= 15 is 0 Å². The van der Waals surface area contributed by atoms with E-state index in [1.54, 1.807) is 6.92 Å². The molecular weight excluding hydrogens is 440 g/mol. The van der Waals surface area contributed by atoms with Crippen LogP contribution in [0.2, 0.25) is 0 Å². The Morgan fingerprint density at radius 2 is 1.50 bits per heavy atom. The monoisotopic (exact) mass is 460 g/mol. The van der Waals surface area contributed by atoms with Crippen LogP contribution in [-0.4, -0.2) is 56.3 Å². The number of rotatable bonds is 2. The maximum Gasteiger partial charge on any atom is 0.245 e. The molecule has 7 atom stereocenters. The molecule has 4 fully saturated rings. The molecule has 0 aromatic rings. The van der Waals surface area contributed by atoms with Gasteiger partial charge in [0.15, 0.2) is 0 Å². The second-order valence-corrected chi connectivity index (χ2v) is 9.73. The largest absolute Gasteiger partial charge is 0.341 e. The van der Waals surface area contributed by atoms with Gasteiger partial charge in [-0.05, 0) is 44.4 Å². The maximum atomic E-state index is 13.0. The van der Waals surface area contributed by atoms with Crippen molar-refractivity contribution in [3.8, 4) is 0 Å². The SMILES string of the molecule is C[C@H](C(=O)N1CCCCC1)N1C(=O)[C@@H]2[C@H]3C[C@@H]([C@H](Br)[C@H]3Br)[C@@H]2C1=O. The van der Waals surface area contributed by atoms with Gasteiger partial charge in [0, 0.05) is 22.7 Å². The molecule has 4 rings (SSSR count). The first-order valence-electron chi connectivity index (χ1n) is 8.87. The lowest BCUT2D eigenvalue weighted by Crippen LogP contribution is -2.51. The number of fused-ring (bicyclic) bond motifs is 5. The molecule has 0 N–H and O–H groups in total. The van der Waals surface area contributed by atoms with Gasteiger partial charge in [0.05, 0.1) is 11.8 Å². The lowest BCUT2D eigenvalue weighted by molar-refractivity contribution is -0.152. The molecule has 7 heteroatoms. The molecule has 2 aliphatic heterocycles. The number of piperidine rings is 1. The van der Waals surface area contributed by atoms with Crippen LogP contribution in [0.5, 0.6) is 0 Å². The Morgan fingerprint density at radius 1 is 1.00 bits per heavy atom. The summed E-state index contributed by atoms with van der Waals surface area (Å²) in [5.41, 5.74) is 0. The standard InChI is InChI=1S/C17H22Br2N2O3/c1-8(15(22)20-5-3-2-4-6-20)21-16(23)11-9-7-10(12(11)17(21)24)14(19)13(9)18/h8-14H,2-7H2,1H3/t8-,9-,10-,11-,12+,13+,14+/m1/s1. The van der Waals surface area contributed by atoms with Gasteiger partial charge in [0.25, 0.3) is 0 Å². The molecule has 4 aliphatic rings. The van der Waals surface area contributed by atoms with E-state index < -0.39 is 6.04 Å². The van der Waals surface area contributed by atoms with Gasteiger partial charge in [-0.15, -0.1) is 0 Å². The number of nitrogens with zero attached hydrogens (tertiary/aromatic N) is 2. The van der Waals surface area contributed by atoms with Crippen molar-refractivity contribution in [3.63, 3.8) is 0 Å². The van der Waals surface area contributed by atoms with Gasteiger partial charge in [-0.1, -0.05) is 31.9 Å². The number of halogens is 2. The number of likely N-dealkylation sites (tertiary alicyclic amines) is 2. The molecule has 24 heavy (non-hydrogen) atoms. The van der Waals surface area contributed by atoms with Crippen molar-refractivity contribution in [2.75, 3.05) is 13.1 Å². The third-order valence-electron chi connectivity index (χ3n) is 6.43. The summed E-state index contributed by atoms with van der Waals surface area (Å²) < 4.78 is 0. The molecule has 2 bridgehead atoms. The molecule has 2 aliphatic carbocycles. The highest BCUT2D eigenvalue weighted by molar-refractivity contribution is 9.12. The zero-order valence-electron chi connectivity index (χ0n) is 13.7. The summed E-state index contributed by atoms with van der Waals surface area (Å²) >= 11 is 7.38. The van der Waals surface area contributed by atoms with Crippen molar-refractivity contribution in [1.82, 2.24) is 9.80 Å². The fraction of sp³-hybridized carbons (Fsp3) is 0.824. The van der Waals surface area contributed by atoms with Gasteiger partial charge in [-0.25, -0.2) is 0 Å². The summed E-state index contributed by atoms with van der Waals surface area (Å²) in [6.07, 6.45) is 4.08. The van der Waals surface area contributed by atoms with E-state index in [1.807, 2.05) is 4.90 Å². The summed E-state index contributed by atoms with van der Waals surface area (Å²) in [7, 11) is 0. The van der Waals surface area contributed by atoms with Crippen LogP contribution >= 0.6 is 31.9 Å². The van der Waals surface area contributed by atoms with Crippen LogP contribution in [0, 0.1) is 23.7 Å². The minimum absolute atomic E-state index is 0.0745. The van der Waals surface area contributed by atoms with Gasteiger partial charge in [0.2, 0.25) is 17.7 Å². The Bertz CT molecular complexity index is 560. The van der Waals surface area contributed by atoms with Crippen molar-refractivity contribution in [3.05, 3.63) is 0 Å². The first kappa shape index (κ1) is 17.0. The molecule has 2 saturated carbocycles. The highest BCUT2D eigenvalue weighted by Gasteiger charge is 2.67. The fourth-order valence-electron chi connectivity index (χ4n) is 5.24. The van der Waals surface area contributed by atoms with Crippen molar-refractivity contribution < 1.29 is 14.4 Å². The smallest absolute Gasteiger partial charge is 0.245 e. The van der Waals surface area contributed by atoms with Crippen LogP contribution in [0.15, 0.2) is 0 Å². The van der Waals surface area contributed by atoms with Gasteiger partial charge in [-0.3, -0.25) is 19.3 Å². The molecule has 0 unspecified atom stereocenters. The minimum Gasteiger partial charge on any atom is -0.341 e. The van der Waals surface area contributed by atoms with E-state index in [1.165, 1.54) is 4.90 Å². The third-order valence-corrected chi connectivity index (χ3v) is 9.64. The summed E-state index contributed by atoms with van der Waals surface area (Å²) in [5.74, 6) is -0.409. The normalized spacial score (nSPS) is 42.6. The topological polar surface area (TPSA) is 57.7 Å². The molecule has 0 spiro atoms. The van der Waals surface area contributed by atoms with E-state index in [0.717, 1.165) is 38.8 Å². The Kier molecular flexibility index (Phi) is 4.31. The molecule has 2 saturated heterocycles. The lowest BCUT2D eigenvalue weighted by atomic mass is 9.81. The first-order chi connectivity index (χ1) is 11.4. The van der Waals surface area contributed by atoms with Crippen LogP contribution in [0.3, 0.4) is 0 Å². The van der Waals surface area contributed by atoms with Gasteiger partial charge >= 0.3 is 0 Å². The number of alkyl halides is 2. The molecule has 0 radical (unpaired) electrons. The molecule has 0 aromatic carbocycles. The number of hydrogen-bond donors (Lipinski definition) is 0. The van der Waals surface area contributed by atoms with Crippen LogP contribution in [0.25, 0.3) is 0 Å². The van der Waals surface area contributed by atoms with E-state index in [2.05, 4.69) is 31.9 Å². The second-order valence-electron chi connectivity index (χ2n) is 7.61. The average Bonchev–Trinajstić information content (AvgIpc) is 3.19. The molecule has 2 heterocycles. The van der Waals surface area contributed by atoms with Gasteiger partial charge in [-0.2, -0.15) is 0 Å². The Balaban J connectivity index is 1.56. The number of carbonyl (C=O) groups is 3. The maximum absolute atomic E-state index is 13.0. The van der Waals surface area contributed by atoms with Crippen molar-refractivity contribution in [2.24, 2.45) is 23.7 Å². The number of carbonyl (C=O) groups excluding carboxylic acids is 3. The van der Waals surface area contributed by atoms with E-state index in [9.17, 15) is 14.4 Å². The zero-order chi connectivity index (χ0) is 17.2. The van der Waals surface area contributed by atoms with E-state index in [4.69, 9.17) is 0 Å². The quantitative estimate of drug-likeness (QED) is 0.467. The third kappa shape index (κ3) is 2.26. The predicted octanol–water partition coefficient (Wildman–Crippen LogP) is 2.17. The molecule has 132 valence electrons. The molecule has 3 amide bonds. The number of hydrogen-bond acceptors (Lipinski definition) is 3. The first-order valence-corrected chi connectivity index (χ1v) is 10.7. The van der Waals surface area contributed by atoms with Gasteiger partial charge in [0.1, 0.15) is 6.04 Å². The Hall–Kier alpha value is -0.430. The Morgan fingerprint density at radius 3 is 2.00 bits per heavy atom. The zero-order valence-corrected chi connectivity index (χ0v) is 16.8. The second kappa shape index (κ2) is 6.08. The molecule has 0 aromatic heterocycles. The van der Waals surface area contributed by atoms with Crippen LogP contribution in [-0.2, 0) is 14.4 Å². The van der Waals surface area contributed by atoms with Crippen LogP contribution in [0.1, 0.15) is 32.6 Å². The summed E-state index contributed by atoms with van der Waals surface area (Å²) in [6.45, 7) is 3.20. The molecule has 5 nitrogen and oxygen atoms in total. The fourth-order valence-corrected chi connectivity index (χ4v) is 7.12. The molecular formula is C17H22Br2N2O3. The Labute approximate surface area is 158 Å².